The molecule has 1 aliphatic heterocycles. The Labute approximate surface area is 155 Å². The van der Waals surface area contributed by atoms with E-state index in [1.165, 1.54) is 0 Å². The molecule has 7 nitrogen and oxygen atoms in total. The molecule has 0 N–H and O–H groups in total. The molecule has 0 bridgehead atoms. The Hall–Kier alpha value is -2.48. The second-order valence-corrected chi connectivity index (χ2v) is 7.47. The zero-order valence-electron chi connectivity index (χ0n) is 14.8. The van der Waals surface area contributed by atoms with Crippen LogP contribution in [-0.4, -0.2) is 39.2 Å². The standard InChI is InChI=1S/C18H20N4O3S/c1-11-16(12(2)24-20-11)18(23)22-6-3-4-13(9-22)8-15-19-17(21-25-15)14-5-7-26-10-14/h5,7,10,13H,3-4,6,8-9H2,1-2H3. The molecule has 4 rings (SSSR count). The third-order valence-electron chi connectivity index (χ3n) is 4.76. The zero-order chi connectivity index (χ0) is 18.1. The quantitative estimate of drug-likeness (QED) is 0.697. The lowest BCUT2D eigenvalue weighted by molar-refractivity contribution is 0.0665. The van der Waals surface area contributed by atoms with Crippen molar-refractivity contribution in [1.82, 2.24) is 20.2 Å². The van der Waals surface area contributed by atoms with Gasteiger partial charge in [0, 0.05) is 30.5 Å². The van der Waals surface area contributed by atoms with Crippen molar-refractivity contribution in [2.24, 2.45) is 5.92 Å². The van der Waals surface area contributed by atoms with E-state index < -0.39 is 0 Å². The first-order valence-corrected chi connectivity index (χ1v) is 9.63. The molecule has 26 heavy (non-hydrogen) atoms. The first-order chi connectivity index (χ1) is 12.6. The van der Waals surface area contributed by atoms with E-state index >= 15 is 0 Å². The smallest absolute Gasteiger partial charge is 0.259 e. The van der Waals surface area contributed by atoms with Crippen molar-refractivity contribution in [1.29, 1.82) is 0 Å². The van der Waals surface area contributed by atoms with E-state index in [2.05, 4.69) is 15.3 Å². The summed E-state index contributed by atoms with van der Waals surface area (Å²) in [7, 11) is 0. The molecule has 136 valence electrons. The van der Waals surface area contributed by atoms with E-state index in [9.17, 15) is 4.79 Å². The predicted molar refractivity (Wildman–Crippen MR) is 95.9 cm³/mol. The van der Waals surface area contributed by atoms with Gasteiger partial charge in [0.2, 0.25) is 11.7 Å². The average molecular weight is 372 g/mol. The molecule has 1 saturated heterocycles. The summed E-state index contributed by atoms with van der Waals surface area (Å²) < 4.78 is 10.6. The summed E-state index contributed by atoms with van der Waals surface area (Å²) in [6.45, 7) is 5.01. The number of likely N-dealkylation sites (tertiary alicyclic amines) is 1. The number of aromatic nitrogens is 3. The van der Waals surface area contributed by atoms with Crippen LogP contribution in [0.4, 0.5) is 0 Å². The van der Waals surface area contributed by atoms with E-state index in [1.54, 1.807) is 25.2 Å². The maximum absolute atomic E-state index is 12.8. The van der Waals surface area contributed by atoms with Crippen LogP contribution in [0.25, 0.3) is 11.4 Å². The van der Waals surface area contributed by atoms with Gasteiger partial charge in [0.15, 0.2) is 0 Å². The lowest BCUT2D eigenvalue weighted by atomic mass is 9.94. The minimum atomic E-state index is -0.00422. The Kier molecular flexibility index (Phi) is 4.58. The SMILES string of the molecule is Cc1noc(C)c1C(=O)N1CCCC(Cc2nc(-c3ccsc3)no2)C1. The van der Waals surface area contributed by atoms with Gasteiger partial charge in [-0.05, 0) is 44.1 Å². The maximum atomic E-state index is 12.8. The van der Waals surface area contributed by atoms with Crippen LogP contribution in [0.1, 0.15) is 40.5 Å². The zero-order valence-corrected chi connectivity index (χ0v) is 15.6. The average Bonchev–Trinajstić information content (AvgIpc) is 3.37. The predicted octanol–water partition coefficient (Wildman–Crippen LogP) is 3.50. The third kappa shape index (κ3) is 3.29. The highest BCUT2D eigenvalue weighted by Crippen LogP contribution is 2.25. The summed E-state index contributed by atoms with van der Waals surface area (Å²) in [4.78, 5) is 19.2. The molecule has 4 heterocycles. The van der Waals surface area contributed by atoms with E-state index in [0.717, 1.165) is 24.9 Å². The molecular weight excluding hydrogens is 352 g/mol. The molecular formula is C18H20N4O3S. The van der Waals surface area contributed by atoms with Crippen LogP contribution in [-0.2, 0) is 6.42 Å². The highest BCUT2D eigenvalue weighted by atomic mass is 32.1. The van der Waals surface area contributed by atoms with Crippen molar-refractivity contribution in [2.45, 2.75) is 33.1 Å². The molecule has 0 aliphatic carbocycles. The normalized spacial score (nSPS) is 17.6. The van der Waals surface area contributed by atoms with Gasteiger partial charge in [-0.15, -0.1) is 0 Å². The fourth-order valence-electron chi connectivity index (χ4n) is 3.46. The van der Waals surface area contributed by atoms with Crippen LogP contribution in [0, 0.1) is 19.8 Å². The number of aryl methyl sites for hydroxylation is 2. The van der Waals surface area contributed by atoms with Gasteiger partial charge in [0.1, 0.15) is 11.3 Å². The van der Waals surface area contributed by atoms with E-state index in [4.69, 9.17) is 9.05 Å². The van der Waals surface area contributed by atoms with Gasteiger partial charge in [-0.1, -0.05) is 10.3 Å². The molecule has 1 fully saturated rings. The Morgan fingerprint density at radius 1 is 1.35 bits per heavy atom. The summed E-state index contributed by atoms with van der Waals surface area (Å²) in [6.07, 6.45) is 2.69. The van der Waals surface area contributed by atoms with Gasteiger partial charge < -0.3 is 13.9 Å². The highest BCUT2D eigenvalue weighted by Gasteiger charge is 2.29. The Morgan fingerprint density at radius 2 is 2.23 bits per heavy atom. The molecule has 1 amide bonds. The summed E-state index contributed by atoms with van der Waals surface area (Å²) in [6, 6.07) is 1.98. The van der Waals surface area contributed by atoms with Crippen molar-refractivity contribution in [3.63, 3.8) is 0 Å². The Morgan fingerprint density at radius 3 is 2.96 bits per heavy atom. The fourth-order valence-corrected chi connectivity index (χ4v) is 4.09. The summed E-state index contributed by atoms with van der Waals surface area (Å²) in [5.41, 5.74) is 2.21. The number of nitrogens with zero attached hydrogens (tertiary/aromatic N) is 4. The molecule has 0 saturated carbocycles. The van der Waals surface area contributed by atoms with Crippen molar-refractivity contribution >= 4 is 17.2 Å². The monoisotopic (exact) mass is 372 g/mol. The van der Waals surface area contributed by atoms with Gasteiger partial charge in [0.05, 0.1) is 5.69 Å². The summed E-state index contributed by atoms with van der Waals surface area (Å²) in [5.74, 6) is 2.13. The first kappa shape index (κ1) is 17.0. The first-order valence-electron chi connectivity index (χ1n) is 8.69. The lowest BCUT2D eigenvalue weighted by Gasteiger charge is -2.32. The second-order valence-electron chi connectivity index (χ2n) is 6.69. The fraction of sp³-hybridized carbons (Fsp3) is 0.444. The van der Waals surface area contributed by atoms with Crippen LogP contribution in [0.15, 0.2) is 25.9 Å². The third-order valence-corrected chi connectivity index (χ3v) is 5.45. The maximum Gasteiger partial charge on any atom is 0.259 e. The molecule has 1 unspecified atom stereocenters. The number of carbonyl (C=O) groups excluding carboxylic acids is 1. The van der Waals surface area contributed by atoms with Crippen LogP contribution in [0.2, 0.25) is 0 Å². The van der Waals surface area contributed by atoms with Crippen molar-refractivity contribution < 1.29 is 13.8 Å². The van der Waals surface area contributed by atoms with E-state index in [0.29, 0.717) is 47.6 Å². The summed E-state index contributed by atoms with van der Waals surface area (Å²) >= 11 is 1.61. The van der Waals surface area contributed by atoms with Crippen LogP contribution < -0.4 is 0 Å². The van der Waals surface area contributed by atoms with Gasteiger partial charge in [-0.2, -0.15) is 16.3 Å². The number of amides is 1. The van der Waals surface area contributed by atoms with Gasteiger partial charge in [0.25, 0.3) is 5.91 Å². The molecule has 1 aliphatic rings. The Balaban J connectivity index is 1.43. The molecule has 0 radical (unpaired) electrons. The topological polar surface area (TPSA) is 85.3 Å². The van der Waals surface area contributed by atoms with Crippen molar-refractivity contribution in [3.05, 3.63) is 39.7 Å². The van der Waals surface area contributed by atoms with Crippen LogP contribution in [0.3, 0.4) is 0 Å². The summed E-state index contributed by atoms with van der Waals surface area (Å²) in [5, 5.41) is 11.9. The van der Waals surface area contributed by atoms with E-state index in [1.807, 2.05) is 21.7 Å². The lowest BCUT2D eigenvalue weighted by Crippen LogP contribution is -2.40. The largest absolute Gasteiger partial charge is 0.361 e. The minimum absolute atomic E-state index is 0.00422. The molecule has 0 aromatic carbocycles. The molecule has 3 aromatic rings. The van der Waals surface area contributed by atoms with Gasteiger partial charge in [-0.25, -0.2) is 0 Å². The highest BCUT2D eigenvalue weighted by molar-refractivity contribution is 7.08. The number of thiophene rings is 1. The Bertz CT molecular complexity index is 880. The van der Waals surface area contributed by atoms with Gasteiger partial charge in [-0.3, -0.25) is 4.79 Å². The molecule has 1 atom stereocenters. The minimum Gasteiger partial charge on any atom is -0.361 e. The van der Waals surface area contributed by atoms with Crippen LogP contribution in [0.5, 0.6) is 0 Å². The second kappa shape index (κ2) is 7.03. The number of piperidine rings is 1. The van der Waals surface area contributed by atoms with Gasteiger partial charge >= 0.3 is 0 Å². The number of rotatable bonds is 4. The number of hydrogen-bond acceptors (Lipinski definition) is 7. The van der Waals surface area contributed by atoms with Crippen molar-refractivity contribution in [2.75, 3.05) is 13.1 Å². The van der Waals surface area contributed by atoms with Crippen molar-refractivity contribution in [3.8, 4) is 11.4 Å². The number of carbonyl (C=O) groups is 1. The van der Waals surface area contributed by atoms with E-state index in [-0.39, 0.29) is 5.91 Å². The van der Waals surface area contributed by atoms with Crippen LogP contribution >= 0.6 is 11.3 Å². The molecule has 3 aromatic heterocycles. The molecule has 8 heteroatoms. The number of hydrogen-bond donors (Lipinski definition) is 0. The molecule has 0 spiro atoms.